The molecule has 4 nitrogen and oxygen atoms in total. The van der Waals surface area contributed by atoms with Crippen LogP contribution in [0.4, 0.5) is 0 Å². The Hall–Kier alpha value is -2.50. The van der Waals surface area contributed by atoms with E-state index in [1.807, 2.05) is 97.9 Å². The number of ether oxygens (including phenoxy) is 3. The smallest absolute Gasteiger partial charge is 0.113 e. The van der Waals surface area contributed by atoms with Crippen molar-refractivity contribution < 1.29 is 19.3 Å². The molecule has 0 bridgehead atoms. The quantitative estimate of drug-likeness (QED) is 0.545. The predicted molar refractivity (Wildman–Crippen MR) is 120 cm³/mol. The maximum absolute atomic E-state index is 11.0. The summed E-state index contributed by atoms with van der Waals surface area (Å²) >= 11 is 0. The molecule has 3 aromatic rings. The molecule has 4 rings (SSSR count). The monoisotopic (exact) mass is 418 g/mol. The van der Waals surface area contributed by atoms with Gasteiger partial charge in [0.1, 0.15) is 12.2 Å². The Kier molecular flexibility index (Phi) is 7.49. The molecule has 0 heterocycles. The lowest BCUT2D eigenvalue weighted by Gasteiger charge is -2.26. The molecule has 1 aliphatic carbocycles. The lowest BCUT2D eigenvalue weighted by Crippen LogP contribution is -2.38. The third-order valence-electron chi connectivity index (χ3n) is 5.90. The average molecular weight is 419 g/mol. The first-order valence-corrected chi connectivity index (χ1v) is 10.9. The Balaban J connectivity index is 1.48. The molecule has 0 saturated heterocycles. The van der Waals surface area contributed by atoms with Gasteiger partial charge in [0.25, 0.3) is 0 Å². The van der Waals surface area contributed by atoms with E-state index in [4.69, 9.17) is 14.2 Å². The fraction of sp³-hybridized carbons (Fsp3) is 0.333. The van der Waals surface area contributed by atoms with Crippen molar-refractivity contribution in [3.8, 4) is 0 Å². The summed E-state index contributed by atoms with van der Waals surface area (Å²) < 4.78 is 18.8. The van der Waals surface area contributed by atoms with E-state index in [2.05, 4.69) is 0 Å². The Labute approximate surface area is 184 Å². The number of aliphatic hydroxyl groups is 1. The number of benzene rings is 3. The summed E-state index contributed by atoms with van der Waals surface area (Å²) in [5.74, 6) is -0.106. The van der Waals surface area contributed by atoms with E-state index in [1.54, 1.807) is 0 Å². The fourth-order valence-corrected chi connectivity index (χ4v) is 4.10. The van der Waals surface area contributed by atoms with Gasteiger partial charge in [-0.15, -0.1) is 0 Å². The van der Waals surface area contributed by atoms with Crippen LogP contribution >= 0.6 is 0 Å². The van der Waals surface area contributed by atoms with Gasteiger partial charge in [0.05, 0.1) is 32.0 Å². The van der Waals surface area contributed by atoms with Crippen LogP contribution < -0.4 is 0 Å². The molecular formula is C27H30O4. The predicted octanol–water partition coefficient (Wildman–Crippen LogP) is 4.75. The highest BCUT2D eigenvalue weighted by Gasteiger charge is 2.50. The van der Waals surface area contributed by atoms with Gasteiger partial charge in [-0.05, 0) is 16.7 Å². The van der Waals surface area contributed by atoms with Crippen LogP contribution in [0.3, 0.4) is 0 Å². The summed E-state index contributed by atoms with van der Waals surface area (Å²) in [6, 6.07) is 30.1. The SMILES string of the molecule is C[C@H]1[C@H](O)[C@H](OCc2ccccc2)[C@@H](OCc2ccccc2)[C@@H]1OCc1ccccc1. The molecule has 3 aromatic carbocycles. The third kappa shape index (κ3) is 5.60. The Bertz CT molecular complexity index is 845. The number of hydrogen-bond donors (Lipinski definition) is 1. The van der Waals surface area contributed by atoms with Gasteiger partial charge in [0.2, 0.25) is 0 Å². The topological polar surface area (TPSA) is 47.9 Å². The second-order valence-electron chi connectivity index (χ2n) is 8.13. The summed E-state index contributed by atoms with van der Waals surface area (Å²) in [7, 11) is 0. The van der Waals surface area contributed by atoms with Crippen LogP contribution in [0.25, 0.3) is 0 Å². The molecule has 0 radical (unpaired) electrons. The number of aliphatic hydroxyl groups excluding tert-OH is 1. The summed E-state index contributed by atoms with van der Waals surface area (Å²) in [6.07, 6.45) is -1.75. The van der Waals surface area contributed by atoms with Crippen LogP contribution in [0, 0.1) is 5.92 Å². The van der Waals surface area contributed by atoms with Crippen LogP contribution in [0.5, 0.6) is 0 Å². The highest BCUT2D eigenvalue weighted by molar-refractivity contribution is 5.16. The Morgan fingerprint density at radius 2 is 0.903 bits per heavy atom. The highest BCUT2D eigenvalue weighted by atomic mass is 16.6. The van der Waals surface area contributed by atoms with Gasteiger partial charge in [0.15, 0.2) is 0 Å². The van der Waals surface area contributed by atoms with Crippen LogP contribution in [0.1, 0.15) is 23.6 Å². The first-order valence-electron chi connectivity index (χ1n) is 10.9. The summed E-state index contributed by atoms with van der Waals surface area (Å²) in [4.78, 5) is 0. The van der Waals surface area contributed by atoms with Crippen molar-refractivity contribution in [2.75, 3.05) is 0 Å². The molecule has 4 heteroatoms. The molecule has 0 aromatic heterocycles. The van der Waals surface area contributed by atoms with Gasteiger partial charge in [0, 0.05) is 5.92 Å². The standard InChI is InChI=1S/C27H30O4/c1-20-24(28)26(30-18-22-13-7-3-8-14-22)27(31-19-23-15-9-4-10-16-23)25(20)29-17-21-11-5-2-6-12-21/h2-16,20,24-28H,17-19H2,1H3/t20-,24-,25+,26-,27-/m0/s1. The zero-order valence-corrected chi connectivity index (χ0v) is 17.8. The molecule has 5 atom stereocenters. The van der Waals surface area contributed by atoms with E-state index in [9.17, 15) is 5.11 Å². The van der Waals surface area contributed by atoms with E-state index >= 15 is 0 Å². The minimum Gasteiger partial charge on any atom is -0.390 e. The maximum Gasteiger partial charge on any atom is 0.113 e. The molecule has 162 valence electrons. The first-order chi connectivity index (χ1) is 15.2. The van der Waals surface area contributed by atoms with E-state index < -0.39 is 12.2 Å². The summed E-state index contributed by atoms with van der Waals surface area (Å²) in [6.45, 7) is 3.34. The summed E-state index contributed by atoms with van der Waals surface area (Å²) in [5, 5.41) is 11.0. The van der Waals surface area contributed by atoms with Gasteiger partial charge in [-0.3, -0.25) is 0 Å². The number of rotatable bonds is 9. The van der Waals surface area contributed by atoms with Crippen molar-refractivity contribution in [3.05, 3.63) is 108 Å². The van der Waals surface area contributed by atoms with Crippen molar-refractivity contribution >= 4 is 0 Å². The molecule has 0 unspecified atom stereocenters. The van der Waals surface area contributed by atoms with Crippen molar-refractivity contribution in [3.63, 3.8) is 0 Å². The van der Waals surface area contributed by atoms with Crippen molar-refractivity contribution in [2.45, 2.75) is 51.2 Å². The normalized spacial score (nSPS) is 25.5. The maximum atomic E-state index is 11.0. The molecule has 31 heavy (non-hydrogen) atoms. The second-order valence-corrected chi connectivity index (χ2v) is 8.13. The fourth-order valence-electron chi connectivity index (χ4n) is 4.10. The van der Waals surface area contributed by atoms with E-state index in [-0.39, 0.29) is 18.1 Å². The van der Waals surface area contributed by atoms with Crippen molar-refractivity contribution in [2.24, 2.45) is 5.92 Å². The van der Waals surface area contributed by atoms with E-state index in [0.717, 1.165) is 16.7 Å². The van der Waals surface area contributed by atoms with E-state index in [0.29, 0.717) is 19.8 Å². The molecule has 1 saturated carbocycles. The minimum absolute atomic E-state index is 0.106. The largest absolute Gasteiger partial charge is 0.390 e. The second kappa shape index (κ2) is 10.7. The molecule has 1 fully saturated rings. The lowest BCUT2D eigenvalue weighted by molar-refractivity contribution is -0.134. The van der Waals surface area contributed by atoms with Gasteiger partial charge < -0.3 is 19.3 Å². The average Bonchev–Trinajstić information content (AvgIpc) is 3.05. The molecule has 0 amide bonds. The van der Waals surface area contributed by atoms with Crippen LogP contribution in [0.2, 0.25) is 0 Å². The lowest BCUT2D eigenvalue weighted by atomic mass is 10.1. The first kappa shape index (κ1) is 21.7. The Morgan fingerprint density at radius 3 is 1.32 bits per heavy atom. The molecular weight excluding hydrogens is 388 g/mol. The van der Waals surface area contributed by atoms with Gasteiger partial charge in [-0.25, -0.2) is 0 Å². The zero-order valence-electron chi connectivity index (χ0n) is 17.8. The van der Waals surface area contributed by atoms with Crippen molar-refractivity contribution in [1.82, 2.24) is 0 Å². The Morgan fingerprint density at radius 1 is 0.548 bits per heavy atom. The van der Waals surface area contributed by atoms with Crippen LogP contribution in [-0.2, 0) is 34.0 Å². The van der Waals surface area contributed by atoms with Crippen LogP contribution in [0.15, 0.2) is 91.0 Å². The minimum atomic E-state index is -0.662. The molecule has 0 spiro atoms. The highest BCUT2D eigenvalue weighted by Crippen LogP contribution is 2.35. The van der Waals surface area contributed by atoms with Gasteiger partial charge >= 0.3 is 0 Å². The van der Waals surface area contributed by atoms with E-state index in [1.165, 1.54) is 0 Å². The zero-order chi connectivity index (χ0) is 21.5. The van der Waals surface area contributed by atoms with Crippen LogP contribution in [-0.4, -0.2) is 29.5 Å². The van der Waals surface area contributed by atoms with Gasteiger partial charge in [-0.2, -0.15) is 0 Å². The third-order valence-corrected chi connectivity index (χ3v) is 5.90. The molecule has 0 aliphatic heterocycles. The molecule has 1 N–H and O–H groups in total. The van der Waals surface area contributed by atoms with Crippen molar-refractivity contribution in [1.29, 1.82) is 0 Å². The number of hydrogen-bond acceptors (Lipinski definition) is 4. The van der Waals surface area contributed by atoms with Gasteiger partial charge in [-0.1, -0.05) is 97.9 Å². The molecule has 1 aliphatic rings. The summed E-state index contributed by atoms with van der Waals surface area (Å²) in [5.41, 5.74) is 3.25.